The van der Waals surface area contributed by atoms with E-state index in [1.165, 1.54) is 12.0 Å². The first kappa shape index (κ1) is 14.7. The molecule has 3 fully saturated rings. The van der Waals surface area contributed by atoms with Gasteiger partial charge in [-0.2, -0.15) is 11.3 Å². The van der Waals surface area contributed by atoms with Crippen LogP contribution in [0.2, 0.25) is 0 Å². The van der Waals surface area contributed by atoms with Crippen LogP contribution in [0.1, 0.15) is 24.8 Å². The molecule has 22 heavy (non-hydrogen) atoms. The minimum atomic E-state index is 0.232. The molecule has 3 atom stereocenters. The number of ether oxygens (including phenoxy) is 1. The van der Waals surface area contributed by atoms with E-state index in [0.29, 0.717) is 24.3 Å². The molecule has 1 saturated carbocycles. The Labute approximate surface area is 135 Å². The third kappa shape index (κ3) is 3.21. The number of amides is 1. The summed E-state index contributed by atoms with van der Waals surface area (Å²) < 4.78 is 5.99. The van der Waals surface area contributed by atoms with E-state index >= 15 is 0 Å². The predicted octanol–water partition coefficient (Wildman–Crippen LogP) is 2.11. The number of hydrogen-bond acceptors (Lipinski definition) is 4. The van der Waals surface area contributed by atoms with E-state index < -0.39 is 0 Å². The molecule has 1 aromatic rings. The summed E-state index contributed by atoms with van der Waals surface area (Å²) in [6, 6.07) is 2.22. The lowest BCUT2D eigenvalue weighted by molar-refractivity contribution is -0.122. The van der Waals surface area contributed by atoms with Gasteiger partial charge in [0.1, 0.15) is 0 Å². The van der Waals surface area contributed by atoms with Crippen molar-refractivity contribution in [3.8, 4) is 0 Å². The maximum atomic E-state index is 11.8. The van der Waals surface area contributed by atoms with Crippen LogP contribution in [0.3, 0.4) is 0 Å². The predicted molar refractivity (Wildman–Crippen MR) is 86.7 cm³/mol. The fourth-order valence-corrected chi connectivity index (χ4v) is 4.51. The van der Waals surface area contributed by atoms with Crippen molar-refractivity contribution in [3.63, 3.8) is 0 Å². The summed E-state index contributed by atoms with van der Waals surface area (Å²) in [5.74, 6) is 1.79. The lowest BCUT2D eigenvalue weighted by Crippen LogP contribution is -2.43. The first-order valence-corrected chi connectivity index (χ1v) is 9.36. The molecule has 1 aliphatic carbocycles. The minimum Gasteiger partial charge on any atom is -0.376 e. The zero-order chi connectivity index (χ0) is 14.9. The highest BCUT2D eigenvalue weighted by atomic mass is 32.1. The number of carbonyl (C=O) groups is 1. The maximum absolute atomic E-state index is 11.8. The van der Waals surface area contributed by atoms with Crippen LogP contribution < -0.4 is 5.32 Å². The standard InChI is InChI=1S/C17H24N2O2S/c20-17(13-1-2-13)18-7-16-15-3-5-19(9-14(15)10-21-16)8-12-4-6-22-11-12/h4,6,11,13-16H,1-3,5,7-10H2,(H,18,20)/t14-,15-,16-/m0/s1. The monoisotopic (exact) mass is 320 g/mol. The Kier molecular flexibility index (Phi) is 4.20. The van der Waals surface area contributed by atoms with Gasteiger partial charge in [-0.1, -0.05) is 0 Å². The second-order valence-corrected chi connectivity index (χ2v) is 7.75. The highest BCUT2D eigenvalue weighted by Crippen LogP contribution is 2.35. The van der Waals surface area contributed by atoms with E-state index in [-0.39, 0.29) is 12.0 Å². The van der Waals surface area contributed by atoms with Gasteiger partial charge in [-0.25, -0.2) is 0 Å². The fourth-order valence-electron chi connectivity index (χ4n) is 3.85. The Bertz CT molecular complexity index is 515. The van der Waals surface area contributed by atoms with Crippen LogP contribution in [0.4, 0.5) is 0 Å². The van der Waals surface area contributed by atoms with Gasteiger partial charge in [0.05, 0.1) is 12.7 Å². The summed E-state index contributed by atoms with van der Waals surface area (Å²) >= 11 is 1.77. The van der Waals surface area contributed by atoms with Crippen LogP contribution in [0.15, 0.2) is 16.8 Å². The van der Waals surface area contributed by atoms with Crippen molar-refractivity contribution in [2.45, 2.75) is 31.9 Å². The van der Waals surface area contributed by atoms with Crippen LogP contribution in [-0.4, -0.2) is 43.2 Å². The number of nitrogens with one attached hydrogen (secondary N) is 1. The minimum absolute atomic E-state index is 0.232. The normalized spacial score (nSPS) is 31.9. The first-order chi connectivity index (χ1) is 10.8. The number of thiophene rings is 1. The molecule has 4 rings (SSSR count). The Hall–Kier alpha value is -0.910. The molecule has 5 heteroatoms. The van der Waals surface area contributed by atoms with Crippen molar-refractivity contribution in [2.24, 2.45) is 17.8 Å². The summed E-state index contributed by atoms with van der Waals surface area (Å²) in [6.45, 7) is 4.91. The van der Waals surface area contributed by atoms with Crippen LogP contribution in [0.5, 0.6) is 0 Å². The molecule has 0 aromatic carbocycles. The van der Waals surface area contributed by atoms with Crippen LogP contribution in [-0.2, 0) is 16.1 Å². The SMILES string of the molecule is O=C(NC[C@@H]1OC[C@@H]2CN(Cc3ccsc3)CC[C@@H]21)C1CC1. The molecule has 0 spiro atoms. The Morgan fingerprint density at radius 2 is 2.32 bits per heavy atom. The van der Waals surface area contributed by atoms with Gasteiger partial charge in [0.25, 0.3) is 0 Å². The summed E-state index contributed by atoms with van der Waals surface area (Å²) in [5, 5.41) is 7.49. The third-order valence-electron chi connectivity index (χ3n) is 5.29. The first-order valence-electron chi connectivity index (χ1n) is 8.42. The van der Waals surface area contributed by atoms with Crippen molar-refractivity contribution in [3.05, 3.63) is 22.4 Å². The number of hydrogen-bond donors (Lipinski definition) is 1. The van der Waals surface area contributed by atoms with E-state index in [4.69, 9.17) is 4.74 Å². The summed E-state index contributed by atoms with van der Waals surface area (Å²) in [4.78, 5) is 14.3. The summed E-state index contributed by atoms with van der Waals surface area (Å²) in [5.41, 5.74) is 1.43. The van der Waals surface area contributed by atoms with Gasteiger partial charge < -0.3 is 10.1 Å². The number of fused-ring (bicyclic) bond motifs is 1. The highest BCUT2D eigenvalue weighted by Gasteiger charge is 2.41. The average Bonchev–Trinajstić information content (AvgIpc) is 3.12. The maximum Gasteiger partial charge on any atom is 0.223 e. The number of nitrogens with zero attached hydrogens (tertiary/aromatic N) is 1. The molecule has 120 valence electrons. The highest BCUT2D eigenvalue weighted by molar-refractivity contribution is 7.07. The smallest absolute Gasteiger partial charge is 0.223 e. The van der Waals surface area contributed by atoms with Crippen molar-refractivity contribution >= 4 is 17.2 Å². The Balaban J connectivity index is 1.27. The fraction of sp³-hybridized carbons (Fsp3) is 0.706. The lowest BCUT2D eigenvalue weighted by atomic mass is 9.84. The van der Waals surface area contributed by atoms with Gasteiger partial charge in [0.15, 0.2) is 0 Å². The van der Waals surface area contributed by atoms with Gasteiger partial charge >= 0.3 is 0 Å². The van der Waals surface area contributed by atoms with E-state index in [1.54, 1.807) is 11.3 Å². The van der Waals surface area contributed by atoms with Crippen molar-refractivity contribution in [1.29, 1.82) is 0 Å². The summed E-state index contributed by atoms with van der Waals surface area (Å²) in [6.07, 6.45) is 3.57. The number of rotatable bonds is 5. The molecule has 0 bridgehead atoms. The molecule has 0 radical (unpaired) electrons. The van der Waals surface area contributed by atoms with Gasteiger partial charge in [-0.05, 0) is 54.1 Å². The molecule has 0 unspecified atom stereocenters. The topological polar surface area (TPSA) is 41.6 Å². The largest absolute Gasteiger partial charge is 0.376 e. The van der Waals surface area contributed by atoms with Crippen molar-refractivity contribution < 1.29 is 9.53 Å². The quantitative estimate of drug-likeness (QED) is 0.903. The van der Waals surface area contributed by atoms with Crippen LogP contribution in [0, 0.1) is 17.8 Å². The van der Waals surface area contributed by atoms with Gasteiger partial charge in [0, 0.05) is 31.5 Å². The van der Waals surface area contributed by atoms with Crippen LogP contribution >= 0.6 is 11.3 Å². The number of carbonyl (C=O) groups excluding carboxylic acids is 1. The molecular formula is C17H24N2O2S. The van der Waals surface area contributed by atoms with Crippen molar-refractivity contribution in [2.75, 3.05) is 26.2 Å². The second-order valence-electron chi connectivity index (χ2n) is 6.97. The summed E-state index contributed by atoms with van der Waals surface area (Å²) in [7, 11) is 0. The molecule has 3 heterocycles. The van der Waals surface area contributed by atoms with Gasteiger partial charge in [-0.3, -0.25) is 9.69 Å². The second kappa shape index (κ2) is 6.30. The van der Waals surface area contributed by atoms with E-state index in [0.717, 1.165) is 39.1 Å². The Morgan fingerprint density at radius 1 is 1.41 bits per heavy atom. The molecule has 2 aliphatic heterocycles. The van der Waals surface area contributed by atoms with Gasteiger partial charge in [-0.15, -0.1) is 0 Å². The molecule has 2 saturated heterocycles. The van der Waals surface area contributed by atoms with E-state index in [1.807, 2.05) is 0 Å². The van der Waals surface area contributed by atoms with E-state index in [9.17, 15) is 4.79 Å². The van der Waals surface area contributed by atoms with Crippen molar-refractivity contribution in [1.82, 2.24) is 10.2 Å². The molecule has 4 nitrogen and oxygen atoms in total. The lowest BCUT2D eigenvalue weighted by Gasteiger charge is -2.35. The van der Waals surface area contributed by atoms with E-state index in [2.05, 4.69) is 27.0 Å². The molecule has 1 amide bonds. The molecule has 1 N–H and O–H groups in total. The molecule has 3 aliphatic rings. The number of piperidine rings is 1. The third-order valence-corrected chi connectivity index (χ3v) is 6.02. The Morgan fingerprint density at radius 3 is 3.09 bits per heavy atom. The van der Waals surface area contributed by atoms with Gasteiger partial charge in [0.2, 0.25) is 5.91 Å². The zero-order valence-corrected chi connectivity index (χ0v) is 13.7. The number of likely N-dealkylation sites (tertiary alicyclic amines) is 1. The molecular weight excluding hydrogens is 296 g/mol. The molecule has 1 aromatic heterocycles. The average molecular weight is 320 g/mol. The zero-order valence-electron chi connectivity index (χ0n) is 12.9. The van der Waals surface area contributed by atoms with Crippen LogP contribution in [0.25, 0.3) is 0 Å².